The van der Waals surface area contributed by atoms with Gasteiger partial charge in [0.1, 0.15) is 0 Å². The molecular weight excluding hydrogens is 430 g/mol. The van der Waals surface area contributed by atoms with Crippen molar-refractivity contribution in [3.05, 3.63) is 65.4 Å². The van der Waals surface area contributed by atoms with Gasteiger partial charge < -0.3 is 15.0 Å². The fraction of sp³-hybridized carbons (Fsp3) is 0.333. The average molecular weight is 458 g/mol. The summed E-state index contributed by atoms with van der Waals surface area (Å²) in [4.78, 5) is 45.2. The van der Waals surface area contributed by atoms with Crippen LogP contribution >= 0.6 is 0 Å². The van der Waals surface area contributed by atoms with Crippen molar-refractivity contribution in [2.45, 2.75) is 45.6 Å². The molecule has 2 amide bonds. The van der Waals surface area contributed by atoms with Gasteiger partial charge in [-0.25, -0.2) is 4.79 Å². The Labute approximate surface area is 198 Å². The Morgan fingerprint density at radius 3 is 2.71 bits per heavy atom. The Balaban J connectivity index is 1.44. The highest BCUT2D eigenvalue weighted by Gasteiger charge is 2.31. The maximum absolute atomic E-state index is 13.4. The third-order valence-electron chi connectivity index (χ3n) is 6.66. The second-order valence-electron chi connectivity index (χ2n) is 9.24. The van der Waals surface area contributed by atoms with E-state index in [4.69, 9.17) is 9.72 Å². The normalized spacial score (nSPS) is 19.6. The van der Waals surface area contributed by atoms with Crippen molar-refractivity contribution in [2.75, 3.05) is 16.8 Å². The second-order valence-corrected chi connectivity index (χ2v) is 9.24. The lowest BCUT2D eigenvalue weighted by Gasteiger charge is -2.28. The molecule has 1 N–H and O–H groups in total. The van der Waals surface area contributed by atoms with Gasteiger partial charge in [0.25, 0.3) is 5.91 Å². The van der Waals surface area contributed by atoms with Crippen molar-refractivity contribution in [1.82, 2.24) is 4.98 Å². The molecule has 1 aromatic heterocycles. The van der Waals surface area contributed by atoms with Crippen LogP contribution in [0.25, 0.3) is 10.9 Å². The Morgan fingerprint density at radius 2 is 1.85 bits per heavy atom. The molecular formula is C27H27N3O4. The molecule has 2 aromatic carbocycles. The number of anilines is 2. The predicted octanol–water partition coefficient (Wildman–Crippen LogP) is 4.28. The van der Waals surface area contributed by atoms with Crippen molar-refractivity contribution in [3.63, 3.8) is 0 Å². The van der Waals surface area contributed by atoms with Crippen LogP contribution in [0.5, 0.6) is 0 Å². The minimum Gasteiger partial charge on any atom is -0.452 e. The highest BCUT2D eigenvalue weighted by molar-refractivity contribution is 6.08. The SMILES string of the molecule is CC1CCc2nc3ccccc3c(C(=O)OCC(=O)N3c4ccccc4NC(=O)CC3C)c2C1. The van der Waals surface area contributed by atoms with Crippen molar-refractivity contribution in [1.29, 1.82) is 0 Å². The Bertz CT molecular complexity index is 1300. The molecule has 2 heterocycles. The number of hydrogen-bond donors (Lipinski definition) is 1. The largest absolute Gasteiger partial charge is 0.452 e. The van der Waals surface area contributed by atoms with Gasteiger partial charge in [0.05, 0.1) is 22.5 Å². The molecule has 0 saturated carbocycles. The molecule has 0 radical (unpaired) electrons. The number of fused-ring (bicyclic) bond motifs is 3. The van der Waals surface area contributed by atoms with Crippen molar-refractivity contribution in [3.8, 4) is 0 Å². The average Bonchev–Trinajstić information content (AvgIpc) is 2.95. The lowest BCUT2D eigenvalue weighted by molar-refractivity contribution is -0.122. The van der Waals surface area contributed by atoms with Crippen LogP contribution in [0.15, 0.2) is 48.5 Å². The molecule has 2 atom stereocenters. The third kappa shape index (κ3) is 4.02. The van der Waals surface area contributed by atoms with Gasteiger partial charge in [0.2, 0.25) is 5.91 Å². The molecule has 0 saturated heterocycles. The highest BCUT2D eigenvalue weighted by Crippen LogP contribution is 2.33. The van der Waals surface area contributed by atoms with E-state index < -0.39 is 12.6 Å². The molecule has 5 rings (SSSR count). The topological polar surface area (TPSA) is 88.6 Å². The standard InChI is InChI=1S/C27H27N3O4/c1-16-11-12-21-19(13-16)26(18-7-3-4-8-20(18)28-21)27(33)34-15-25(32)30-17(2)14-24(31)29-22-9-5-6-10-23(22)30/h3-10,16-17H,11-15H2,1-2H3,(H,29,31). The number of benzene rings is 2. The number of nitrogens with one attached hydrogen (secondary N) is 1. The zero-order chi connectivity index (χ0) is 23.8. The number of hydrogen-bond acceptors (Lipinski definition) is 5. The molecule has 174 valence electrons. The van der Waals surface area contributed by atoms with E-state index >= 15 is 0 Å². The number of carbonyl (C=O) groups is 3. The van der Waals surface area contributed by atoms with E-state index in [9.17, 15) is 14.4 Å². The smallest absolute Gasteiger partial charge is 0.339 e. The Hall–Kier alpha value is -3.74. The number of ether oxygens (including phenoxy) is 1. The van der Waals surface area contributed by atoms with Gasteiger partial charge in [0, 0.05) is 23.5 Å². The van der Waals surface area contributed by atoms with Gasteiger partial charge in [-0.2, -0.15) is 0 Å². The van der Waals surface area contributed by atoms with Gasteiger partial charge in [-0.1, -0.05) is 37.3 Å². The second kappa shape index (κ2) is 8.89. The maximum atomic E-state index is 13.4. The fourth-order valence-electron chi connectivity index (χ4n) is 5.03. The summed E-state index contributed by atoms with van der Waals surface area (Å²) >= 11 is 0. The quantitative estimate of drug-likeness (QED) is 0.593. The fourth-order valence-corrected chi connectivity index (χ4v) is 5.03. The summed E-state index contributed by atoms with van der Waals surface area (Å²) in [7, 11) is 0. The summed E-state index contributed by atoms with van der Waals surface area (Å²) in [5.41, 5.74) is 4.31. The minimum absolute atomic E-state index is 0.156. The first kappa shape index (κ1) is 22.1. The number of esters is 1. The summed E-state index contributed by atoms with van der Waals surface area (Å²) < 4.78 is 5.62. The van der Waals surface area contributed by atoms with Crippen molar-refractivity contribution in [2.24, 2.45) is 5.92 Å². The zero-order valence-corrected chi connectivity index (χ0v) is 19.3. The minimum atomic E-state index is -0.512. The summed E-state index contributed by atoms with van der Waals surface area (Å²) in [6.45, 7) is 3.58. The summed E-state index contributed by atoms with van der Waals surface area (Å²) in [5.74, 6) is -0.591. The molecule has 0 fully saturated rings. The molecule has 1 aliphatic heterocycles. The van der Waals surface area contributed by atoms with Gasteiger partial charge in [-0.05, 0) is 55.9 Å². The first-order valence-electron chi connectivity index (χ1n) is 11.7. The van der Waals surface area contributed by atoms with E-state index in [0.29, 0.717) is 22.9 Å². The van der Waals surface area contributed by atoms with Gasteiger partial charge >= 0.3 is 5.97 Å². The summed E-state index contributed by atoms with van der Waals surface area (Å²) in [6.07, 6.45) is 2.78. The molecule has 3 aromatic rings. The Morgan fingerprint density at radius 1 is 1.09 bits per heavy atom. The van der Waals surface area contributed by atoms with Crippen LogP contribution in [0.1, 0.15) is 48.3 Å². The summed E-state index contributed by atoms with van der Waals surface area (Å²) in [5, 5.41) is 3.59. The van der Waals surface area contributed by atoms with Crippen LogP contribution in [-0.2, 0) is 27.2 Å². The van der Waals surface area contributed by atoms with Crippen LogP contribution in [0, 0.1) is 5.92 Å². The van der Waals surface area contributed by atoms with Gasteiger partial charge in [-0.15, -0.1) is 0 Å². The number of pyridine rings is 1. The number of aryl methyl sites for hydroxylation is 1. The number of amides is 2. The zero-order valence-electron chi connectivity index (χ0n) is 19.3. The number of rotatable bonds is 3. The predicted molar refractivity (Wildman–Crippen MR) is 130 cm³/mol. The maximum Gasteiger partial charge on any atom is 0.339 e. The van der Waals surface area contributed by atoms with E-state index in [2.05, 4.69) is 12.2 Å². The first-order valence-corrected chi connectivity index (χ1v) is 11.7. The Kier molecular flexibility index (Phi) is 5.77. The first-order chi connectivity index (χ1) is 16.4. The van der Waals surface area contributed by atoms with E-state index in [0.717, 1.165) is 41.4 Å². The van der Waals surface area contributed by atoms with E-state index in [1.165, 1.54) is 0 Å². The molecule has 1 aliphatic carbocycles. The number of carbonyl (C=O) groups excluding carboxylic acids is 3. The van der Waals surface area contributed by atoms with Crippen LogP contribution < -0.4 is 10.2 Å². The van der Waals surface area contributed by atoms with Gasteiger partial charge in [0.15, 0.2) is 6.61 Å². The van der Waals surface area contributed by atoms with E-state index in [1.807, 2.05) is 37.3 Å². The lowest BCUT2D eigenvalue weighted by Crippen LogP contribution is -2.41. The van der Waals surface area contributed by atoms with Crippen LogP contribution in [0.3, 0.4) is 0 Å². The van der Waals surface area contributed by atoms with E-state index in [-0.39, 0.29) is 24.3 Å². The molecule has 2 aliphatic rings. The number of aromatic nitrogens is 1. The van der Waals surface area contributed by atoms with Gasteiger partial charge in [-0.3, -0.25) is 14.6 Å². The molecule has 0 bridgehead atoms. The summed E-state index contributed by atoms with van der Waals surface area (Å²) in [6, 6.07) is 14.3. The lowest BCUT2D eigenvalue weighted by atomic mass is 9.84. The molecule has 34 heavy (non-hydrogen) atoms. The molecule has 7 heteroatoms. The molecule has 7 nitrogen and oxygen atoms in total. The third-order valence-corrected chi connectivity index (χ3v) is 6.66. The van der Waals surface area contributed by atoms with Crippen LogP contribution in [0.4, 0.5) is 11.4 Å². The van der Waals surface area contributed by atoms with Crippen molar-refractivity contribution >= 4 is 40.1 Å². The van der Waals surface area contributed by atoms with E-state index in [1.54, 1.807) is 23.1 Å². The molecule has 2 unspecified atom stereocenters. The van der Waals surface area contributed by atoms with Crippen LogP contribution in [0.2, 0.25) is 0 Å². The van der Waals surface area contributed by atoms with Crippen molar-refractivity contribution < 1.29 is 19.1 Å². The highest BCUT2D eigenvalue weighted by atomic mass is 16.5. The number of nitrogens with zero attached hydrogens (tertiary/aromatic N) is 2. The number of para-hydroxylation sites is 3. The monoisotopic (exact) mass is 457 g/mol. The van der Waals surface area contributed by atoms with Crippen LogP contribution in [-0.4, -0.2) is 35.4 Å². The molecule has 0 spiro atoms.